The first-order valence-electron chi connectivity index (χ1n) is 4.96. The van der Waals surface area contributed by atoms with E-state index < -0.39 is 10.0 Å². The van der Waals surface area contributed by atoms with Crippen LogP contribution in [-0.2, 0) is 10.0 Å². The molecule has 0 amide bonds. The standard InChI is InChI=1S/C10H12N4O2S/c1-7-10(8(2)13-12-7)17(15,16)14-9-5-3-4-6-11-9/h3-6H,1-2H3,(H,11,14)(H,12,13). The first-order chi connectivity index (χ1) is 8.00. The molecule has 2 rings (SSSR count). The number of sulfonamides is 1. The SMILES string of the molecule is Cc1n[nH]c(C)c1S(=O)(=O)Nc1ccccn1. The summed E-state index contributed by atoms with van der Waals surface area (Å²) in [5, 5.41) is 6.50. The summed E-state index contributed by atoms with van der Waals surface area (Å²) in [6, 6.07) is 5.01. The molecule has 2 heterocycles. The van der Waals surface area contributed by atoms with Crippen LogP contribution in [0.15, 0.2) is 29.3 Å². The number of nitrogens with one attached hydrogen (secondary N) is 2. The van der Waals surface area contributed by atoms with Crippen LogP contribution in [0.4, 0.5) is 5.82 Å². The number of hydrogen-bond acceptors (Lipinski definition) is 4. The monoisotopic (exact) mass is 252 g/mol. The molecule has 0 spiro atoms. The topological polar surface area (TPSA) is 87.7 Å². The fourth-order valence-corrected chi connectivity index (χ4v) is 2.93. The Morgan fingerprint density at radius 2 is 2.06 bits per heavy atom. The molecule has 2 N–H and O–H groups in total. The Morgan fingerprint density at radius 3 is 2.59 bits per heavy atom. The van der Waals surface area contributed by atoms with Crippen molar-refractivity contribution in [3.63, 3.8) is 0 Å². The molecule has 2 aromatic heterocycles. The maximum atomic E-state index is 12.1. The lowest BCUT2D eigenvalue weighted by molar-refractivity contribution is 0.600. The van der Waals surface area contributed by atoms with Crippen LogP contribution in [-0.4, -0.2) is 23.6 Å². The molecule has 2 aromatic rings. The zero-order valence-corrected chi connectivity index (χ0v) is 10.2. The molecule has 0 unspecified atom stereocenters. The molecule has 17 heavy (non-hydrogen) atoms. The zero-order chi connectivity index (χ0) is 12.5. The Balaban J connectivity index is 2.39. The molecular formula is C10H12N4O2S. The number of hydrogen-bond donors (Lipinski definition) is 2. The molecule has 0 atom stereocenters. The Labute approximate surface area is 99.1 Å². The average molecular weight is 252 g/mol. The highest BCUT2D eigenvalue weighted by atomic mass is 32.2. The Bertz CT molecular complexity index is 600. The van der Waals surface area contributed by atoms with Gasteiger partial charge in [-0.05, 0) is 26.0 Å². The van der Waals surface area contributed by atoms with E-state index in [-0.39, 0.29) is 10.7 Å². The molecule has 7 heteroatoms. The average Bonchev–Trinajstić information content (AvgIpc) is 2.59. The number of pyridine rings is 1. The predicted molar refractivity (Wildman–Crippen MR) is 63.1 cm³/mol. The lowest BCUT2D eigenvalue weighted by Crippen LogP contribution is -2.15. The third-order valence-electron chi connectivity index (χ3n) is 2.23. The summed E-state index contributed by atoms with van der Waals surface area (Å²) in [5.41, 5.74) is 0.942. The van der Waals surface area contributed by atoms with Crippen molar-refractivity contribution in [3.8, 4) is 0 Å². The van der Waals surface area contributed by atoms with E-state index >= 15 is 0 Å². The van der Waals surface area contributed by atoms with E-state index in [1.807, 2.05) is 0 Å². The van der Waals surface area contributed by atoms with Crippen LogP contribution in [0, 0.1) is 13.8 Å². The van der Waals surface area contributed by atoms with Gasteiger partial charge in [-0.15, -0.1) is 0 Å². The summed E-state index contributed by atoms with van der Waals surface area (Å²) in [5.74, 6) is 0.285. The molecule has 0 aromatic carbocycles. The Morgan fingerprint density at radius 1 is 1.29 bits per heavy atom. The van der Waals surface area contributed by atoms with Crippen molar-refractivity contribution in [2.75, 3.05) is 4.72 Å². The van der Waals surface area contributed by atoms with Gasteiger partial charge in [0, 0.05) is 6.20 Å². The van der Waals surface area contributed by atoms with Crippen molar-refractivity contribution in [3.05, 3.63) is 35.8 Å². The molecule has 0 saturated carbocycles. The summed E-state index contributed by atoms with van der Waals surface area (Å²) >= 11 is 0. The van der Waals surface area contributed by atoms with Gasteiger partial charge in [0.15, 0.2) is 0 Å². The van der Waals surface area contributed by atoms with Crippen molar-refractivity contribution in [2.45, 2.75) is 18.7 Å². The van der Waals surface area contributed by atoms with Crippen LogP contribution >= 0.6 is 0 Å². The van der Waals surface area contributed by atoms with E-state index in [2.05, 4.69) is 19.9 Å². The van der Waals surface area contributed by atoms with E-state index in [0.717, 1.165) is 0 Å². The minimum absolute atomic E-state index is 0.170. The number of anilines is 1. The van der Waals surface area contributed by atoms with Crippen molar-refractivity contribution < 1.29 is 8.42 Å². The first-order valence-corrected chi connectivity index (χ1v) is 6.44. The lowest BCUT2D eigenvalue weighted by Gasteiger charge is -2.06. The molecule has 0 radical (unpaired) electrons. The fourth-order valence-electron chi connectivity index (χ4n) is 1.55. The fraction of sp³-hybridized carbons (Fsp3) is 0.200. The van der Waals surface area contributed by atoms with Gasteiger partial charge >= 0.3 is 0 Å². The van der Waals surface area contributed by atoms with Gasteiger partial charge in [0.25, 0.3) is 10.0 Å². The van der Waals surface area contributed by atoms with Crippen molar-refractivity contribution in [1.82, 2.24) is 15.2 Å². The maximum absolute atomic E-state index is 12.1. The number of rotatable bonds is 3. The minimum Gasteiger partial charge on any atom is -0.281 e. The highest BCUT2D eigenvalue weighted by Gasteiger charge is 2.22. The van der Waals surface area contributed by atoms with E-state index in [4.69, 9.17) is 0 Å². The van der Waals surface area contributed by atoms with Crippen molar-refractivity contribution in [1.29, 1.82) is 0 Å². The second-order valence-electron chi connectivity index (χ2n) is 3.58. The van der Waals surface area contributed by atoms with E-state index in [0.29, 0.717) is 11.4 Å². The maximum Gasteiger partial charge on any atom is 0.266 e. The lowest BCUT2D eigenvalue weighted by atomic mass is 10.4. The van der Waals surface area contributed by atoms with Crippen LogP contribution in [0.3, 0.4) is 0 Å². The van der Waals surface area contributed by atoms with Gasteiger partial charge < -0.3 is 0 Å². The third-order valence-corrected chi connectivity index (χ3v) is 3.85. The van der Waals surface area contributed by atoms with E-state index in [9.17, 15) is 8.42 Å². The van der Waals surface area contributed by atoms with Crippen LogP contribution in [0.2, 0.25) is 0 Å². The largest absolute Gasteiger partial charge is 0.281 e. The highest BCUT2D eigenvalue weighted by molar-refractivity contribution is 7.92. The minimum atomic E-state index is -3.64. The van der Waals surface area contributed by atoms with Crippen molar-refractivity contribution >= 4 is 15.8 Å². The van der Waals surface area contributed by atoms with Gasteiger partial charge in [0.2, 0.25) is 0 Å². The molecule has 0 aliphatic heterocycles. The Kier molecular flexibility index (Phi) is 2.84. The molecule has 0 bridgehead atoms. The molecule has 6 nitrogen and oxygen atoms in total. The zero-order valence-electron chi connectivity index (χ0n) is 9.43. The van der Waals surface area contributed by atoms with Gasteiger partial charge in [0.05, 0.1) is 11.4 Å². The highest BCUT2D eigenvalue weighted by Crippen LogP contribution is 2.19. The normalized spacial score (nSPS) is 11.4. The van der Waals surface area contributed by atoms with Gasteiger partial charge in [-0.1, -0.05) is 6.07 Å². The Hall–Kier alpha value is -1.89. The number of nitrogens with zero attached hydrogens (tertiary/aromatic N) is 2. The summed E-state index contributed by atoms with van der Waals surface area (Å²) in [4.78, 5) is 4.08. The second kappa shape index (κ2) is 4.17. The first kappa shape index (κ1) is 11.6. The molecule has 0 aliphatic carbocycles. The van der Waals surface area contributed by atoms with Gasteiger partial charge in [-0.3, -0.25) is 9.82 Å². The molecule has 0 saturated heterocycles. The smallest absolute Gasteiger partial charge is 0.266 e. The van der Waals surface area contributed by atoms with Crippen LogP contribution in [0.5, 0.6) is 0 Å². The quantitative estimate of drug-likeness (QED) is 0.859. The molecule has 0 fully saturated rings. The molecular weight excluding hydrogens is 240 g/mol. The van der Waals surface area contributed by atoms with Gasteiger partial charge in [-0.2, -0.15) is 5.10 Å². The predicted octanol–water partition coefficient (Wildman–Crippen LogP) is 1.22. The van der Waals surface area contributed by atoms with Crippen LogP contribution in [0.1, 0.15) is 11.4 Å². The van der Waals surface area contributed by atoms with Crippen LogP contribution < -0.4 is 4.72 Å². The second-order valence-corrected chi connectivity index (χ2v) is 5.20. The van der Waals surface area contributed by atoms with E-state index in [1.54, 1.807) is 32.0 Å². The molecule has 0 aliphatic rings. The summed E-state index contributed by atoms with van der Waals surface area (Å²) in [6.07, 6.45) is 1.52. The molecule has 90 valence electrons. The van der Waals surface area contributed by atoms with Crippen molar-refractivity contribution in [2.24, 2.45) is 0 Å². The number of aromatic nitrogens is 3. The number of aromatic amines is 1. The van der Waals surface area contributed by atoms with Crippen LogP contribution in [0.25, 0.3) is 0 Å². The van der Waals surface area contributed by atoms with Gasteiger partial charge in [0.1, 0.15) is 10.7 Å². The number of H-pyrrole nitrogens is 1. The summed E-state index contributed by atoms with van der Waals surface area (Å²) in [6.45, 7) is 3.30. The van der Waals surface area contributed by atoms with E-state index in [1.165, 1.54) is 6.20 Å². The third kappa shape index (κ3) is 2.28. The van der Waals surface area contributed by atoms with Gasteiger partial charge in [-0.25, -0.2) is 13.4 Å². The number of aryl methyl sites for hydroxylation is 2. The summed E-state index contributed by atoms with van der Waals surface area (Å²) < 4.78 is 26.6. The summed E-state index contributed by atoms with van der Waals surface area (Å²) in [7, 11) is -3.64.